The van der Waals surface area contributed by atoms with Crippen molar-refractivity contribution in [2.45, 2.75) is 6.92 Å². The van der Waals surface area contributed by atoms with Gasteiger partial charge < -0.3 is 15.4 Å². The molecule has 2 N–H and O–H groups in total. The third kappa shape index (κ3) is 6.04. The number of ether oxygens (including phenoxy) is 1. The lowest BCUT2D eigenvalue weighted by atomic mass is 10.3. The van der Waals surface area contributed by atoms with Gasteiger partial charge in [-0.05, 0) is 42.8 Å². The van der Waals surface area contributed by atoms with Crippen LogP contribution in [0.5, 0.6) is 5.75 Å². The molecule has 0 aromatic heterocycles. The van der Waals surface area contributed by atoms with Crippen molar-refractivity contribution in [2.75, 3.05) is 23.8 Å². The van der Waals surface area contributed by atoms with Crippen molar-refractivity contribution in [2.24, 2.45) is 0 Å². The van der Waals surface area contributed by atoms with Crippen LogP contribution in [0.25, 0.3) is 0 Å². The third-order valence-electron chi connectivity index (χ3n) is 2.88. The molecule has 120 valence electrons. The molecule has 0 fully saturated rings. The molecular weight excluding hydrogens is 312 g/mol. The molecule has 2 rings (SSSR count). The molecule has 0 unspecified atom stereocenters. The maximum Gasteiger partial charge on any atom is 0.243 e. The van der Waals surface area contributed by atoms with E-state index in [2.05, 4.69) is 17.2 Å². The number of benzene rings is 2. The molecule has 0 saturated carbocycles. The molecule has 1 amide bonds. The molecule has 0 radical (unpaired) electrons. The zero-order valence-corrected chi connectivity index (χ0v) is 13.7. The Labute approximate surface area is 141 Å². The summed E-state index contributed by atoms with van der Waals surface area (Å²) in [7, 11) is 0. The number of halogens is 1. The fourth-order valence-electron chi connectivity index (χ4n) is 1.86. The molecule has 0 saturated heterocycles. The van der Waals surface area contributed by atoms with Gasteiger partial charge in [0.15, 0.2) is 0 Å². The number of hydrogen-bond acceptors (Lipinski definition) is 3. The smallest absolute Gasteiger partial charge is 0.243 e. The van der Waals surface area contributed by atoms with E-state index in [0.717, 1.165) is 11.3 Å². The highest BCUT2D eigenvalue weighted by Crippen LogP contribution is 2.18. The van der Waals surface area contributed by atoms with E-state index in [9.17, 15) is 4.79 Å². The van der Waals surface area contributed by atoms with Gasteiger partial charge in [-0.25, -0.2) is 0 Å². The van der Waals surface area contributed by atoms with Crippen LogP contribution < -0.4 is 15.4 Å². The molecule has 2 aromatic carbocycles. The number of rotatable bonds is 7. The molecule has 4 nitrogen and oxygen atoms in total. The summed E-state index contributed by atoms with van der Waals surface area (Å²) in [5, 5.41) is 6.46. The molecule has 0 aliphatic heterocycles. The lowest BCUT2D eigenvalue weighted by Gasteiger charge is -2.10. The maximum atomic E-state index is 12.0. The first-order valence-electron chi connectivity index (χ1n) is 7.19. The average Bonchev–Trinajstić information content (AvgIpc) is 2.51. The van der Waals surface area contributed by atoms with Crippen LogP contribution in [0.1, 0.15) is 6.92 Å². The zero-order chi connectivity index (χ0) is 16.7. The number of carbonyl (C=O) groups is 1. The van der Waals surface area contributed by atoms with Crippen molar-refractivity contribution in [1.82, 2.24) is 0 Å². The van der Waals surface area contributed by atoms with E-state index in [1.807, 2.05) is 37.3 Å². The summed E-state index contributed by atoms with van der Waals surface area (Å²) in [6.07, 6.45) is 0. The molecule has 0 bridgehead atoms. The van der Waals surface area contributed by atoms with Crippen LogP contribution in [0.4, 0.5) is 11.4 Å². The predicted molar refractivity (Wildman–Crippen MR) is 95.3 cm³/mol. The fourth-order valence-corrected chi connectivity index (χ4v) is 2.05. The van der Waals surface area contributed by atoms with Gasteiger partial charge in [0.2, 0.25) is 5.91 Å². The Bertz CT molecular complexity index is 701. The van der Waals surface area contributed by atoms with Gasteiger partial charge >= 0.3 is 0 Å². The molecule has 5 heteroatoms. The van der Waals surface area contributed by atoms with Crippen LogP contribution in [0.3, 0.4) is 0 Å². The predicted octanol–water partition coefficient (Wildman–Crippen LogP) is 4.35. The quantitative estimate of drug-likeness (QED) is 0.742. The molecule has 0 heterocycles. The van der Waals surface area contributed by atoms with Gasteiger partial charge in [0.05, 0.1) is 6.54 Å². The number of amides is 1. The Hall–Kier alpha value is -2.46. The van der Waals surface area contributed by atoms with E-state index >= 15 is 0 Å². The highest BCUT2D eigenvalue weighted by molar-refractivity contribution is 6.30. The lowest BCUT2D eigenvalue weighted by Crippen LogP contribution is -2.21. The summed E-state index contributed by atoms with van der Waals surface area (Å²) in [6, 6.07) is 14.5. The van der Waals surface area contributed by atoms with Gasteiger partial charge in [0.25, 0.3) is 0 Å². The van der Waals surface area contributed by atoms with Crippen LogP contribution >= 0.6 is 11.6 Å². The van der Waals surface area contributed by atoms with E-state index in [4.69, 9.17) is 16.3 Å². The molecule has 0 spiro atoms. The van der Waals surface area contributed by atoms with Crippen LogP contribution in [0.2, 0.25) is 5.02 Å². The largest absolute Gasteiger partial charge is 0.489 e. The van der Waals surface area contributed by atoms with Gasteiger partial charge in [-0.1, -0.05) is 30.3 Å². The summed E-state index contributed by atoms with van der Waals surface area (Å²) < 4.78 is 5.55. The summed E-state index contributed by atoms with van der Waals surface area (Å²) in [5.74, 6) is 0.538. The normalized spacial score (nSPS) is 10.0. The SMILES string of the molecule is C=C(C)COc1cccc(NC(=O)CNc2cccc(Cl)c2)c1. The first kappa shape index (κ1) is 16.9. The van der Waals surface area contributed by atoms with Crippen molar-refractivity contribution in [3.63, 3.8) is 0 Å². The Morgan fingerprint density at radius 2 is 1.91 bits per heavy atom. The standard InChI is InChI=1S/C18H19ClN2O2/c1-13(2)12-23-17-8-4-7-16(10-17)21-18(22)11-20-15-6-3-5-14(19)9-15/h3-10,20H,1,11-12H2,2H3,(H,21,22). The van der Waals surface area contributed by atoms with Crippen molar-refractivity contribution in [3.8, 4) is 5.75 Å². The molecular formula is C18H19ClN2O2. The molecule has 2 aromatic rings. The Kier molecular flexibility index (Phi) is 6.06. The topological polar surface area (TPSA) is 50.4 Å². The van der Waals surface area contributed by atoms with E-state index in [1.165, 1.54) is 0 Å². The van der Waals surface area contributed by atoms with Crippen LogP contribution in [-0.4, -0.2) is 19.1 Å². The van der Waals surface area contributed by atoms with E-state index in [-0.39, 0.29) is 12.5 Å². The van der Waals surface area contributed by atoms with Crippen molar-refractivity contribution < 1.29 is 9.53 Å². The summed E-state index contributed by atoms with van der Waals surface area (Å²) >= 11 is 5.90. The minimum absolute atomic E-state index is 0.150. The summed E-state index contributed by atoms with van der Waals surface area (Å²) in [6.45, 7) is 6.29. The van der Waals surface area contributed by atoms with Crippen LogP contribution in [-0.2, 0) is 4.79 Å². The first-order valence-corrected chi connectivity index (χ1v) is 7.57. The third-order valence-corrected chi connectivity index (χ3v) is 3.12. The lowest BCUT2D eigenvalue weighted by molar-refractivity contribution is -0.114. The molecule has 0 aliphatic rings. The average molecular weight is 331 g/mol. The minimum Gasteiger partial charge on any atom is -0.489 e. The van der Waals surface area contributed by atoms with E-state index in [0.29, 0.717) is 23.1 Å². The molecule has 0 aliphatic carbocycles. The summed E-state index contributed by atoms with van der Waals surface area (Å²) in [4.78, 5) is 12.0. The minimum atomic E-state index is -0.151. The highest BCUT2D eigenvalue weighted by Gasteiger charge is 2.04. The second kappa shape index (κ2) is 8.25. The van der Waals surface area contributed by atoms with Gasteiger partial charge in [0.1, 0.15) is 12.4 Å². The van der Waals surface area contributed by atoms with Crippen molar-refractivity contribution >= 4 is 28.9 Å². The Morgan fingerprint density at radius 1 is 1.17 bits per heavy atom. The Balaban J connectivity index is 1.87. The van der Waals surface area contributed by atoms with Crippen LogP contribution in [0.15, 0.2) is 60.7 Å². The molecule has 23 heavy (non-hydrogen) atoms. The Morgan fingerprint density at radius 3 is 2.65 bits per heavy atom. The van der Waals surface area contributed by atoms with Crippen molar-refractivity contribution in [3.05, 3.63) is 65.7 Å². The van der Waals surface area contributed by atoms with Crippen LogP contribution in [0, 0.1) is 0 Å². The number of anilines is 2. The number of nitrogens with one attached hydrogen (secondary N) is 2. The number of hydrogen-bond donors (Lipinski definition) is 2. The number of carbonyl (C=O) groups excluding carboxylic acids is 1. The van der Waals surface area contributed by atoms with Gasteiger partial charge in [-0.3, -0.25) is 4.79 Å². The van der Waals surface area contributed by atoms with Gasteiger partial charge in [-0.2, -0.15) is 0 Å². The van der Waals surface area contributed by atoms with Gasteiger partial charge in [0, 0.05) is 22.5 Å². The maximum absolute atomic E-state index is 12.0. The van der Waals surface area contributed by atoms with E-state index < -0.39 is 0 Å². The van der Waals surface area contributed by atoms with Gasteiger partial charge in [-0.15, -0.1) is 0 Å². The monoisotopic (exact) mass is 330 g/mol. The summed E-state index contributed by atoms with van der Waals surface area (Å²) in [5.41, 5.74) is 2.42. The second-order valence-corrected chi connectivity index (χ2v) is 5.62. The van der Waals surface area contributed by atoms with Crippen molar-refractivity contribution in [1.29, 1.82) is 0 Å². The molecule has 0 atom stereocenters. The first-order chi connectivity index (χ1) is 11.0. The van der Waals surface area contributed by atoms with E-state index in [1.54, 1.807) is 18.2 Å². The second-order valence-electron chi connectivity index (χ2n) is 5.19. The zero-order valence-electron chi connectivity index (χ0n) is 12.9. The highest BCUT2D eigenvalue weighted by atomic mass is 35.5. The fraction of sp³-hybridized carbons (Fsp3) is 0.167.